The number of halogens is 4. The van der Waals surface area contributed by atoms with Crippen molar-refractivity contribution in [2.24, 2.45) is 11.8 Å². The third-order valence-electron chi connectivity index (χ3n) is 7.61. The number of carbonyl (C=O) groups is 4. The second-order valence-corrected chi connectivity index (χ2v) is 10.5. The number of hydrogen-bond donors (Lipinski definition) is 4. The van der Waals surface area contributed by atoms with Crippen LogP contribution in [0.4, 0.5) is 17.6 Å². The van der Waals surface area contributed by atoms with Crippen LogP contribution in [0.3, 0.4) is 0 Å². The fourth-order valence-corrected chi connectivity index (χ4v) is 5.11. The number of aromatic nitrogens is 1. The molecule has 0 spiro atoms. The van der Waals surface area contributed by atoms with Crippen LogP contribution >= 0.6 is 0 Å². The van der Waals surface area contributed by atoms with E-state index in [4.69, 9.17) is 9.47 Å². The van der Waals surface area contributed by atoms with Gasteiger partial charge in [-0.1, -0.05) is 0 Å². The SMILES string of the molecule is C[C@H]1OC(=O)C(C2CC2)NC(=O)[C@H](C)[C@@H]2Oc3c(F)c(F)c(F)c(F)c3C[C@@H]2NC(=O)[C@H]1NC(=O)c1ncccc1O. The highest BCUT2D eigenvalue weighted by Crippen LogP contribution is 2.38. The first-order chi connectivity index (χ1) is 19.9. The fourth-order valence-electron chi connectivity index (χ4n) is 5.11. The number of rotatable bonds is 3. The fraction of sp³-hybridized carbons (Fsp3) is 0.444. The number of esters is 1. The van der Waals surface area contributed by atoms with Crippen LogP contribution in [0, 0.1) is 35.1 Å². The van der Waals surface area contributed by atoms with Crippen LogP contribution in [0.2, 0.25) is 0 Å². The molecule has 5 rings (SSSR count). The normalized spacial score (nSPS) is 28.0. The lowest BCUT2D eigenvalue weighted by molar-refractivity contribution is -0.156. The molecule has 4 N–H and O–H groups in total. The van der Waals surface area contributed by atoms with Crippen LogP contribution in [0.5, 0.6) is 11.5 Å². The van der Waals surface area contributed by atoms with Gasteiger partial charge in [0.25, 0.3) is 5.91 Å². The minimum atomic E-state index is -2.11. The Labute approximate surface area is 236 Å². The first-order valence-electron chi connectivity index (χ1n) is 13.2. The van der Waals surface area contributed by atoms with Gasteiger partial charge >= 0.3 is 5.97 Å². The topological polar surface area (TPSA) is 156 Å². The molecule has 6 atom stereocenters. The molecule has 3 amide bonds. The largest absolute Gasteiger partial charge is 0.505 e. The Hall–Kier alpha value is -4.43. The van der Waals surface area contributed by atoms with Gasteiger partial charge in [0.15, 0.2) is 23.1 Å². The molecule has 1 unspecified atom stereocenters. The highest BCUT2D eigenvalue weighted by molar-refractivity contribution is 5.98. The molecule has 42 heavy (non-hydrogen) atoms. The number of hydrogen-bond acceptors (Lipinski definition) is 8. The molecular weight excluding hydrogens is 568 g/mol. The molecule has 1 aromatic heterocycles. The van der Waals surface area contributed by atoms with Crippen molar-refractivity contribution in [2.45, 2.75) is 63.4 Å². The van der Waals surface area contributed by atoms with Gasteiger partial charge in [0.1, 0.15) is 30.0 Å². The van der Waals surface area contributed by atoms with E-state index in [0.717, 1.165) is 0 Å². The van der Waals surface area contributed by atoms with Gasteiger partial charge in [-0.15, -0.1) is 0 Å². The minimum absolute atomic E-state index is 0.275. The van der Waals surface area contributed by atoms with Gasteiger partial charge in [0.05, 0.1) is 12.0 Å². The summed E-state index contributed by atoms with van der Waals surface area (Å²) >= 11 is 0. The van der Waals surface area contributed by atoms with Gasteiger partial charge < -0.3 is 30.5 Å². The lowest BCUT2D eigenvalue weighted by Crippen LogP contribution is -2.62. The molecular formula is C27H26F4N4O7. The van der Waals surface area contributed by atoms with E-state index in [1.165, 1.54) is 32.2 Å². The lowest BCUT2D eigenvalue weighted by Gasteiger charge is -2.39. The molecule has 0 bridgehead atoms. The number of benzene rings is 1. The van der Waals surface area contributed by atoms with Crippen molar-refractivity contribution in [3.8, 4) is 11.5 Å². The molecule has 2 fully saturated rings. The summed E-state index contributed by atoms with van der Waals surface area (Å²) in [6.45, 7) is 2.64. The first-order valence-corrected chi connectivity index (χ1v) is 13.2. The Balaban J connectivity index is 1.54. The highest BCUT2D eigenvalue weighted by atomic mass is 19.2. The van der Waals surface area contributed by atoms with E-state index < -0.39 is 112 Å². The number of aromatic hydroxyl groups is 1. The standard InChI is InChI=1S/C27H26F4N4O7/c1-9-22-13(8-12-15(28)16(29)17(30)18(31)23(12)42-22)33-25(38)19(34-26(39)21-14(36)4-3-7-32-21)10(2)41-27(40)20(11-5-6-11)35-24(9)37/h3-4,7,9-11,13,19-20,22,36H,5-6,8H2,1-2H3,(H,33,38)(H,34,39)(H,35,37)/t9-,10-,13+,19+,20?,22+/m1/s1. The average molecular weight is 595 g/mol. The summed E-state index contributed by atoms with van der Waals surface area (Å²) in [6.07, 6.45) is -1.01. The van der Waals surface area contributed by atoms with Crippen molar-refractivity contribution in [3.63, 3.8) is 0 Å². The van der Waals surface area contributed by atoms with Crippen LogP contribution in [0.25, 0.3) is 0 Å². The maximum atomic E-state index is 14.7. The molecule has 2 aromatic rings. The smallest absolute Gasteiger partial charge is 0.329 e. The number of nitrogens with one attached hydrogen (secondary N) is 3. The second-order valence-electron chi connectivity index (χ2n) is 10.5. The zero-order valence-corrected chi connectivity index (χ0v) is 22.3. The molecule has 2 aliphatic heterocycles. The molecule has 11 nitrogen and oxygen atoms in total. The third-order valence-corrected chi connectivity index (χ3v) is 7.61. The number of fused-ring (bicyclic) bond motifs is 2. The molecule has 0 radical (unpaired) electrons. The Morgan fingerprint density at radius 1 is 1.00 bits per heavy atom. The zero-order valence-electron chi connectivity index (χ0n) is 22.3. The van der Waals surface area contributed by atoms with E-state index in [-0.39, 0.29) is 5.92 Å². The highest BCUT2D eigenvalue weighted by Gasteiger charge is 2.47. The van der Waals surface area contributed by atoms with E-state index in [2.05, 4.69) is 20.9 Å². The Kier molecular flexibility index (Phi) is 7.68. The third kappa shape index (κ3) is 5.30. The van der Waals surface area contributed by atoms with Crippen LogP contribution in [0.1, 0.15) is 42.7 Å². The molecule has 1 aliphatic carbocycles. The predicted octanol–water partition coefficient (Wildman–Crippen LogP) is 1.41. The Bertz CT molecular complexity index is 1470. The van der Waals surface area contributed by atoms with E-state index >= 15 is 0 Å². The molecule has 1 saturated carbocycles. The summed E-state index contributed by atoms with van der Waals surface area (Å²) in [4.78, 5) is 56.7. The number of pyridine rings is 1. The van der Waals surface area contributed by atoms with Gasteiger partial charge in [-0.2, -0.15) is 4.39 Å². The Morgan fingerprint density at radius 2 is 1.69 bits per heavy atom. The van der Waals surface area contributed by atoms with Gasteiger partial charge in [0.2, 0.25) is 23.4 Å². The first kappa shape index (κ1) is 29.1. The summed E-state index contributed by atoms with van der Waals surface area (Å²) in [7, 11) is 0. The number of carbonyl (C=O) groups excluding carboxylic acids is 4. The number of nitrogens with zero attached hydrogens (tertiary/aromatic N) is 1. The molecule has 3 aliphatic rings. The van der Waals surface area contributed by atoms with Crippen LogP contribution in [-0.4, -0.2) is 64.1 Å². The van der Waals surface area contributed by atoms with Crippen molar-refractivity contribution in [3.05, 3.63) is 52.9 Å². The van der Waals surface area contributed by atoms with E-state index in [9.17, 15) is 41.8 Å². The predicted molar refractivity (Wildman–Crippen MR) is 133 cm³/mol. The van der Waals surface area contributed by atoms with Gasteiger partial charge in [0, 0.05) is 18.2 Å². The van der Waals surface area contributed by atoms with Gasteiger partial charge in [-0.3, -0.25) is 14.4 Å². The second kappa shape index (κ2) is 11.1. The van der Waals surface area contributed by atoms with E-state index in [0.29, 0.717) is 12.8 Å². The number of cyclic esters (lactones) is 1. The monoisotopic (exact) mass is 594 g/mol. The summed E-state index contributed by atoms with van der Waals surface area (Å²) in [6, 6.07) is -1.52. The summed E-state index contributed by atoms with van der Waals surface area (Å²) in [5.74, 6) is -14.3. The zero-order chi connectivity index (χ0) is 30.5. The van der Waals surface area contributed by atoms with Crippen LogP contribution in [-0.2, 0) is 25.5 Å². The molecule has 224 valence electrons. The maximum absolute atomic E-state index is 14.7. The van der Waals surface area contributed by atoms with Gasteiger partial charge in [-0.05, 0) is 44.7 Å². The quantitative estimate of drug-likeness (QED) is 0.180. The lowest BCUT2D eigenvalue weighted by atomic mass is 9.88. The summed E-state index contributed by atoms with van der Waals surface area (Å²) in [5, 5.41) is 17.5. The average Bonchev–Trinajstić information content (AvgIpc) is 3.80. The Morgan fingerprint density at radius 3 is 2.36 bits per heavy atom. The van der Waals surface area contributed by atoms with Crippen LogP contribution in [0.15, 0.2) is 18.3 Å². The minimum Gasteiger partial charge on any atom is -0.505 e. The van der Waals surface area contributed by atoms with Gasteiger partial charge in [-0.25, -0.2) is 22.9 Å². The van der Waals surface area contributed by atoms with Crippen molar-refractivity contribution in [1.29, 1.82) is 0 Å². The number of amides is 3. The number of ether oxygens (including phenoxy) is 2. The molecule has 3 heterocycles. The van der Waals surface area contributed by atoms with Crippen molar-refractivity contribution in [2.75, 3.05) is 0 Å². The maximum Gasteiger partial charge on any atom is 0.329 e. The van der Waals surface area contributed by atoms with E-state index in [1.54, 1.807) is 0 Å². The van der Waals surface area contributed by atoms with Crippen molar-refractivity contribution < 1.29 is 51.3 Å². The summed E-state index contributed by atoms with van der Waals surface area (Å²) in [5.41, 5.74) is -1.14. The van der Waals surface area contributed by atoms with E-state index in [1.807, 2.05) is 0 Å². The van der Waals surface area contributed by atoms with Crippen molar-refractivity contribution >= 4 is 23.7 Å². The molecule has 15 heteroatoms. The molecule has 1 saturated heterocycles. The van der Waals surface area contributed by atoms with Crippen molar-refractivity contribution in [1.82, 2.24) is 20.9 Å². The molecule has 1 aromatic carbocycles. The van der Waals surface area contributed by atoms with Crippen LogP contribution < -0.4 is 20.7 Å². The summed E-state index contributed by atoms with van der Waals surface area (Å²) < 4.78 is 68.5.